The summed E-state index contributed by atoms with van der Waals surface area (Å²) in [5, 5.41) is 2.28. The third-order valence-corrected chi connectivity index (χ3v) is 3.08. The van der Waals surface area contributed by atoms with Gasteiger partial charge in [-0.05, 0) is 18.6 Å². The molecular formula is C11H13N3O2. The minimum atomic E-state index is -0.617. The van der Waals surface area contributed by atoms with Gasteiger partial charge in [-0.3, -0.25) is 15.1 Å². The molecule has 1 N–H and O–H groups in total. The molecule has 0 aromatic carbocycles. The van der Waals surface area contributed by atoms with Crippen LogP contribution in [-0.2, 0) is 10.3 Å². The Kier molecular flexibility index (Phi) is 2.38. The molecule has 3 amide bonds. The summed E-state index contributed by atoms with van der Waals surface area (Å²) in [5.74, 6) is -0.255. The van der Waals surface area contributed by atoms with Crippen LogP contribution in [0.5, 0.6) is 0 Å². The normalized spacial score (nSPS) is 25.5. The van der Waals surface area contributed by atoms with Gasteiger partial charge in [-0.2, -0.15) is 0 Å². The fourth-order valence-corrected chi connectivity index (χ4v) is 1.88. The number of amides is 3. The van der Waals surface area contributed by atoms with Crippen LogP contribution in [0.15, 0.2) is 24.5 Å². The Hall–Kier alpha value is -1.91. The zero-order valence-electron chi connectivity index (χ0n) is 9.23. The van der Waals surface area contributed by atoms with Gasteiger partial charge < -0.3 is 4.90 Å². The Morgan fingerprint density at radius 1 is 1.50 bits per heavy atom. The number of nitrogens with zero attached hydrogens (tertiary/aromatic N) is 2. The van der Waals surface area contributed by atoms with E-state index in [0.29, 0.717) is 0 Å². The quantitative estimate of drug-likeness (QED) is 0.762. The van der Waals surface area contributed by atoms with Crippen molar-refractivity contribution in [1.82, 2.24) is 15.2 Å². The predicted octanol–water partition coefficient (Wildman–Crippen LogP) is 0.869. The smallest absolute Gasteiger partial charge is 0.317 e. The van der Waals surface area contributed by atoms with Crippen LogP contribution in [0.3, 0.4) is 0 Å². The molecule has 5 heteroatoms. The fourth-order valence-electron chi connectivity index (χ4n) is 1.88. The molecular weight excluding hydrogens is 206 g/mol. The maximum atomic E-state index is 11.6. The third-order valence-electron chi connectivity index (χ3n) is 3.08. The van der Waals surface area contributed by atoms with Crippen LogP contribution in [0.2, 0.25) is 0 Å². The Morgan fingerprint density at radius 3 is 2.88 bits per heavy atom. The summed E-state index contributed by atoms with van der Waals surface area (Å²) in [5.41, 5.74) is 0.244. The van der Waals surface area contributed by atoms with Crippen molar-refractivity contribution in [3.05, 3.63) is 30.1 Å². The van der Waals surface area contributed by atoms with Gasteiger partial charge in [-0.1, -0.05) is 6.07 Å². The molecule has 0 spiro atoms. The van der Waals surface area contributed by atoms with Gasteiger partial charge in [0.15, 0.2) is 0 Å². The molecule has 5 nitrogen and oxygen atoms in total. The second-order valence-electron chi connectivity index (χ2n) is 4.10. The molecule has 1 aliphatic heterocycles. The summed E-state index contributed by atoms with van der Waals surface area (Å²) >= 11 is 0. The molecule has 1 aromatic heterocycles. The molecule has 84 valence electrons. The summed E-state index contributed by atoms with van der Waals surface area (Å²) in [6.07, 6.45) is 3.60. The second kappa shape index (κ2) is 3.59. The van der Waals surface area contributed by atoms with E-state index in [9.17, 15) is 9.59 Å². The number of rotatable bonds is 1. The number of pyridine rings is 1. The lowest BCUT2D eigenvalue weighted by atomic mass is 9.86. The van der Waals surface area contributed by atoms with E-state index in [0.717, 1.165) is 5.56 Å². The van der Waals surface area contributed by atoms with Gasteiger partial charge >= 0.3 is 6.03 Å². The third kappa shape index (κ3) is 1.54. The SMILES string of the molecule is CN1C(=O)NC(=O)CC1(C)c1cccnc1. The van der Waals surface area contributed by atoms with Crippen molar-refractivity contribution < 1.29 is 9.59 Å². The first-order valence-corrected chi connectivity index (χ1v) is 5.02. The first kappa shape index (κ1) is 10.6. The van der Waals surface area contributed by atoms with E-state index < -0.39 is 5.54 Å². The maximum Gasteiger partial charge on any atom is 0.324 e. The molecule has 1 unspecified atom stereocenters. The number of aromatic nitrogens is 1. The lowest BCUT2D eigenvalue weighted by Gasteiger charge is -2.41. The lowest BCUT2D eigenvalue weighted by molar-refractivity contribution is -0.124. The highest BCUT2D eigenvalue weighted by Crippen LogP contribution is 2.32. The zero-order chi connectivity index (χ0) is 11.8. The van der Waals surface area contributed by atoms with Crippen LogP contribution in [0.4, 0.5) is 4.79 Å². The van der Waals surface area contributed by atoms with Gasteiger partial charge in [0.05, 0.1) is 12.0 Å². The maximum absolute atomic E-state index is 11.6. The van der Waals surface area contributed by atoms with E-state index in [-0.39, 0.29) is 18.4 Å². The van der Waals surface area contributed by atoms with Gasteiger partial charge in [-0.25, -0.2) is 4.79 Å². The van der Waals surface area contributed by atoms with Crippen LogP contribution in [0.1, 0.15) is 18.9 Å². The number of hydrogen-bond acceptors (Lipinski definition) is 3. The Labute approximate surface area is 93.5 Å². The van der Waals surface area contributed by atoms with Crippen molar-refractivity contribution in [2.75, 3.05) is 7.05 Å². The molecule has 16 heavy (non-hydrogen) atoms. The van der Waals surface area contributed by atoms with Crippen molar-refractivity contribution in [2.45, 2.75) is 18.9 Å². The topological polar surface area (TPSA) is 62.3 Å². The van der Waals surface area contributed by atoms with Crippen molar-refractivity contribution in [1.29, 1.82) is 0 Å². The van der Waals surface area contributed by atoms with Crippen molar-refractivity contribution in [2.24, 2.45) is 0 Å². The summed E-state index contributed by atoms with van der Waals surface area (Å²) in [6.45, 7) is 1.86. The van der Waals surface area contributed by atoms with Crippen molar-refractivity contribution in [3.63, 3.8) is 0 Å². The molecule has 1 saturated heterocycles. The van der Waals surface area contributed by atoms with E-state index >= 15 is 0 Å². The number of urea groups is 1. The minimum Gasteiger partial charge on any atom is -0.317 e. The molecule has 0 saturated carbocycles. The summed E-state index contributed by atoms with van der Waals surface area (Å²) in [4.78, 5) is 28.5. The van der Waals surface area contributed by atoms with E-state index in [1.807, 2.05) is 13.0 Å². The molecule has 0 bridgehead atoms. The van der Waals surface area contributed by atoms with E-state index in [1.54, 1.807) is 25.5 Å². The van der Waals surface area contributed by atoms with E-state index in [2.05, 4.69) is 10.3 Å². The van der Waals surface area contributed by atoms with E-state index in [4.69, 9.17) is 0 Å². The fraction of sp³-hybridized carbons (Fsp3) is 0.364. The van der Waals surface area contributed by atoms with E-state index in [1.165, 1.54) is 4.90 Å². The van der Waals surface area contributed by atoms with Crippen LogP contribution < -0.4 is 5.32 Å². The Bertz CT molecular complexity index is 432. The lowest BCUT2D eigenvalue weighted by Crippen LogP contribution is -2.57. The van der Waals surface area contributed by atoms with Crippen LogP contribution in [-0.4, -0.2) is 28.9 Å². The minimum absolute atomic E-state index is 0.251. The number of carbonyl (C=O) groups excluding carboxylic acids is 2. The van der Waals surface area contributed by atoms with Crippen LogP contribution in [0.25, 0.3) is 0 Å². The number of nitrogens with one attached hydrogen (secondary N) is 1. The predicted molar refractivity (Wildman–Crippen MR) is 57.5 cm³/mol. The first-order valence-electron chi connectivity index (χ1n) is 5.02. The highest BCUT2D eigenvalue weighted by molar-refractivity contribution is 5.97. The summed E-state index contributed by atoms with van der Waals surface area (Å²) < 4.78 is 0. The number of imide groups is 1. The molecule has 2 heterocycles. The highest BCUT2D eigenvalue weighted by atomic mass is 16.2. The molecule has 1 aromatic rings. The highest BCUT2D eigenvalue weighted by Gasteiger charge is 2.41. The average Bonchev–Trinajstić information content (AvgIpc) is 2.27. The Balaban J connectivity index is 2.43. The zero-order valence-corrected chi connectivity index (χ0v) is 9.23. The van der Waals surface area contributed by atoms with Gasteiger partial charge in [0.1, 0.15) is 0 Å². The average molecular weight is 219 g/mol. The number of carbonyl (C=O) groups is 2. The molecule has 1 atom stereocenters. The van der Waals surface area contributed by atoms with Crippen molar-refractivity contribution >= 4 is 11.9 Å². The molecule has 0 aliphatic carbocycles. The summed E-state index contributed by atoms with van der Waals surface area (Å²) in [6, 6.07) is 3.29. The molecule has 1 fully saturated rings. The Morgan fingerprint density at radius 2 is 2.25 bits per heavy atom. The largest absolute Gasteiger partial charge is 0.324 e. The van der Waals surface area contributed by atoms with Gasteiger partial charge in [0.2, 0.25) is 5.91 Å². The van der Waals surface area contributed by atoms with Gasteiger partial charge in [-0.15, -0.1) is 0 Å². The monoisotopic (exact) mass is 219 g/mol. The van der Waals surface area contributed by atoms with Crippen molar-refractivity contribution in [3.8, 4) is 0 Å². The van der Waals surface area contributed by atoms with Crippen LogP contribution in [0, 0.1) is 0 Å². The first-order chi connectivity index (χ1) is 7.54. The molecule has 1 aliphatic rings. The van der Waals surface area contributed by atoms with Gasteiger partial charge in [0, 0.05) is 19.4 Å². The van der Waals surface area contributed by atoms with Crippen LogP contribution >= 0.6 is 0 Å². The summed E-state index contributed by atoms with van der Waals surface area (Å²) in [7, 11) is 1.68. The van der Waals surface area contributed by atoms with Gasteiger partial charge in [0.25, 0.3) is 0 Å². The standard InChI is InChI=1S/C11H13N3O2/c1-11(8-4-3-5-12-7-8)6-9(15)13-10(16)14(11)2/h3-5,7H,6H2,1-2H3,(H,13,15,16). The molecule has 0 radical (unpaired) electrons. The second-order valence-corrected chi connectivity index (χ2v) is 4.10. The molecule has 2 rings (SSSR count). The number of hydrogen-bond donors (Lipinski definition) is 1.